The van der Waals surface area contributed by atoms with Gasteiger partial charge in [0.05, 0.1) is 6.04 Å². The molecule has 0 bridgehead atoms. The molecule has 3 N–H and O–H groups in total. The van der Waals surface area contributed by atoms with Gasteiger partial charge in [-0.3, -0.25) is 14.9 Å². The van der Waals surface area contributed by atoms with E-state index >= 15 is 0 Å². The highest BCUT2D eigenvalue weighted by Crippen LogP contribution is 2.04. The highest BCUT2D eigenvalue weighted by Gasteiger charge is 2.30. The number of carboxylic acid groups (broad SMARTS) is 1. The van der Waals surface area contributed by atoms with Crippen LogP contribution in [-0.2, 0) is 9.59 Å². The summed E-state index contributed by atoms with van der Waals surface area (Å²) in [6, 6.07) is -0.374. The van der Waals surface area contributed by atoms with Crippen molar-refractivity contribution in [2.75, 3.05) is 0 Å². The van der Waals surface area contributed by atoms with Gasteiger partial charge in [0, 0.05) is 6.04 Å². The molecule has 0 spiro atoms. The first kappa shape index (κ1) is 15.9. The topological polar surface area (TPSA) is 78.4 Å². The summed E-state index contributed by atoms with van der Waals surface area (Å²) in [5, 5.41) is 14.6. The minimum atomic E-state index is -1.11. The van der Waals surface area contributed by atoms with Gasteiger partial charge in [0.1, 0.15) is 5.54 Å². The van der Waals surface area contributed by atoms with Crippen LogP contribution >= 0.6 is 0 Å². The summed E-state index contributed by atoms with van der Waals surface area (Å²) >= 11 is 0. The fraction of sp³-hybridized carbons (Fsp3) is 0.833. The second-order valence-electron chi connectivity index (χ2n) is 4.82. The van der Waals surface area contributed by atoms with E-state index in [0.717, 1.165) is 12.8 Å². The minimum Gasteiger partial charge on any atom is -0.480 e. The van der Waals surface area contributed by atoms with Crippen LogP contribution in [0.5, 0.6) is 0 Å². The maximum atomic E-state index is 11.8. The van der Waals surface area contributed by atoms with Crippen molar-refractivity contribution in [2.24, 2.45) is 0 Å². The van der Waals surface area contributed by atoms with E-state index in [0.29, 0.717) is 0 Å². The van der Waals surface area contributed by atoms with Gasteiger partial charge in [-0.1, -0.05) is 13.8 Å². The number of rotatable bonds is 7. The maximum absolute atomic E-state index is 11.8. The highest BCUT2D eigenvalue weighted by atomic mass is 16.4. The van der Waals surface area contributed by atoms with Crippen LogP contribution in [-0.4, -0.2) is 34.6 Å². The number of carbonyl (C=O) groups excluding carboxylic acids is 1. The Balaban J connectivity index is 4.37. The minimum absolute atomic E-state index is 0.152. The van der Waals surface area contributed by atoms with Crippen molar-refractivity contribution in [1.29, 1.82) is 0 Å². The van der Waals surface area contributed by atoms with Gasteiger partial charge in [0.15, 0.2) is 0 Å². The molecule has 1 unspecified atom stereocenters. The lowest BCUT2D eigenvalue weighted by Crippen LogP contribution is -2.56. The number of carbonyl (C=O) groups is 2. The largest absolute Gasteiger partial charge is 0.480 e. The Kier molecular flexibility index (Phi) is 6.16. The van der Waals surface area contributed by atoms with Crippen LogP contribution in [0.4, 0.5) is 0 Å². The molecule has 0 aliphatic rings. The molecular weight excluding hydrogens is 220 g/mol. The molecule has 0 saturated heterocycles. The van der Waals surface area contributed by atoms with E-state index in [-0.39, 0.29) is 11.9 Å². The quantitative estimate of drug-likeness (QED) is 0.627. The number of hydrogen-bond donors (Lipinski definition) is 3. The summed E-state index contributed by atoms with van der Waals surface area (Å²) in [5.41, 5.74) is -1.11. The van der Waals surface area contributed by atoms with Crippen LogP contribution in [0.15, 0.2) is 0 Å². The molecule has 5 heteroatoms. The maximum Gasteiger partial charge on any atom is 0.323 e. The Morgan fingerprint density at radius 2 is 1.71 bits per heavy atom. The molecule has 0 saturated carbocycles. The molecule has 5 nitrogen and oxygen atoms in total. The molecule has 0 aliphatic carbocycles. The molecule has 0 heterocycles. The van der Waals surface area contributed by atoms with Crippen LogP contribution in [0.1, 0.15) is 47.5 Å². The van der Waals surface area contributed by atoms with Gasteiger partial charge in [0.2, 0.25) is 5.91 Å². The second kappa shape index (κ2) is 6.59. The molecule has 0 fully saturated rings. The van der Waals surface area contributed by atoms with Crippen LogP contribution in [0.3, 0.4) is 0 Å². The molecule has 17 heavy (non-hydrogen) atoms. The number of amides is 1. The molecule has 1 amide bonds. The number of hydrogen-bond acceptors (Lipinski definition) is 3. The lowest BCUT2D eigenvalue weighted by molar-refractivity contribution is -0.144. The molecular formula is C12H24N2O3. The van der Waals surface area contributed by atoms with Crippen molar-refractivity contribution in [2.45, 2.75) is 65.1 Å². The summed E-state index contributed by atoms with van der Waals surface area (Å²) in [5.74, 6) is -1.13. The first-order chi connectivity index (χ1) is 7.74. The third-order valence-corrected chi connectivity index (χ3v) is 2.84. The highest BCUT2D eigenvalue weighted by molar-refractivity contribution is 5.84. The van der Waals surface area contributed by atoms with E-state index in [2.05, 4.69) is 10.6 Å². The van der Waals surface area contributed by atoms with Gasteiger partial charge in [-0.15, -0.1) is 0 Å². The summed E-state index contributed by atoms with van der Waals surface area (Å²) < 4.78 is 0. The van der Waals surface area contributed by atoms with Crippen LogP contribution in [0.2, 0.25) is 0 Å². The normalized spacial score (nSPS) is 13.5. The van der Waals surface area contributed by atoms with Crippen molar-refractivity contribution in [3.63, 3.8) is 0 Å². The predicted octanol–water partition coefficient (Wildman–Crippen LogP) is 1.13. The zero-order valence-electron chi connectivity index (χ0n) is 11.3. The fourth-order valence-corrected chi connectivity index (χ4v) is 1.49. The molecule has 0 aromatic rings. The van der Waals surface area contributed by atoms with Crippen LogP contribution in [0, 0.1) is 0 Å². The zero-order valence-corrected chi connectivity index (χ0v) is 11.3. The van der Waals surface area contributed by atoms with Gasteiger partial charge in [0.25, 0.3) is 0 Å². The average molecular weight is 244 g/mol. The van der Waals surface area contributed by atoms with E-state index in [1.807, 2.05) is 13.8 Å². The van der Waals surface area contributed by atoms with Crippen LogP contribution < -0.4 is 10.6 Å². The van der Waals surface area contributed by atoms with E-state index in [4.69, 9.17) is 5.11 Å². The van der Waals surface area contributed by atoms with Gasteiger partial charge in [-0.05, 0) is 33.6 Å². The van der Waals surface area contributed by atoms with Crippen molar-refractivity contribution >= 4 is 11.9 Å². The van der Waals surface area contributed by atoms with Gasteiger partial charge < -0.3 is 10.4 Å². The average Bonchev–Trinajstić information content (AvgIpc) is 2.24. The SMILES string of the molecule is CCC(CC)NC(=O)C(C)NC(C)(C)C(=O)O. The molecule has 0 aliphatic heterocycles. The lowest BCUT2D eigenvalue weighted by atomic mass is 10.0. The summed E-state index contributed by atoms with van der Waals surface area (Å²) in [6.45, 7) is 8.76. The van der Waals surface area contributed by atoms with Gasteiger partial charge in [-0.25, -0.2) is 0 Å². The van der Waals surface area contributed by atoms with E-state index in [1.165, 1.54) is 13.8 Å². The van der Waals surface area contributed by atoms with E-state index in [1.54, 1.807) is 6.92 Å². The second-order valence-corrected chi connectivity index (χ2v) is 4.82. The van der Waals surface area contributed by atoms with Crippen molar-refractivity contribution in [3.8, 4) is 0 Å². The van der Waals surface area contributed by atoms with Crippen LogP contribution in [0.25, 0.3) is 0 Å². The molecule has 100 valence electrons. The van der Waals surface area contributed by atoms with Gasteiger partial charge in [-0.2, -0.15) is 0 Å². The summed E-state index contributed by atoms with van der Waals surface area (Å²) in [7, 11) is 0. The number of aliphatic carboxylic acids is 1. The smallest absolute Gasteiger partial charge is 0.323 e. The van der Waals surface area contributed by atoms with Crippen molar-refractivity contribution in [1.82, 2.24) is 10.6 Å². The fourth-order valence-electron chi connectivity index (χ4n) is 1.49. The Hall–Kier alpha value is -1.10. The third-order valence-electron chi connectivity index (χ3n) is 2.84. The Labute approximate surface area is 103 Å². The third kappa shape index (κ3) is 5.17. The Bertz CT molecular complexity index is 273. The Morgan fingerprint density at radius 3 is 2.06 bits per heavy atom. The summed E-state index contributed by atoms with van der Waals surface area (Å²) in [6.07, 6.45) is 1.74. The zero-order chi connectivity index (χ0) is 13.6. The van der Waals surface area contributed by atoms with Crippen molar-refractivity contribution < 1.29 is 14.7 Å². The Morgan fingerprint density at radius 1 is 1.24 bits per heavy atom. The first-order valence-electron chi connectivity index (χ1n) is 6.06. The molecule has 0 aromatic carbocycles. The summed E-state index contributed by atoms with van der Waals surface area (Å²) in [4.78, 5) is 22.7. The molecule has 1 atom stereocenters. The predicted molar refractivity (Wildman–Crippen MR) is 66.8 cm³/mol. The number of nitrogens with one attached hydrogen (secondary N) is 2. The standard InChI is InChI=1S/C12H24N2O3/c1-6-9(7-2)13-10(15)8(3)14-12(4,5)11(16)17/h8-9,14H,6-7H2,1-5H3,(H,13,15)(H,16,17). The molecule has 0 radical (unpaired) electrons. The first-order valence-corrected chi connectivity index (χ1v) is 6.06. The number of carboxylic acids is 1. The van der Waals surface area contributed by atoms with E-state index < -0.39 is 17.6 Å². The lowest BCUT2D eigenvalue weighted by Gasteiger charge is -2.26. The molecule has 0 aromatic heterocycles. The molecule has 0 rings (SSSR count). The van der Waals surface area contributed by atoms with Crippen molar-refractivity contribution in [3.05, 3.63) is 0 Å². The van der Waals surface area contributed by atoms with E-state index in [9.17, 15) is 9.59 Å². The monoisotopic (exact) mass is 244 g/mol. The van der Waals surface area contributed by atoms with Gasteiger partial charge >= 0.3 is 5.97 Å².